The minimum absolute atomic E-state index is 0.107. The molecule has 0 bridgehead atoms. The lowest BCUT2D eigenvalue weighted by Crippen LogP contribution is -2.11. The Bertz CT molecular complexity index is 390. The quantitative estimate of drug-likeness (QED) is 0.814. The third-order valence-corrected chi connectivity index (χ3v) is 2.15. The van der Waals surface area contributed by atoms with Crippen molar-refractivity contribution in [2.75, 3.05) is 0 Å². The van der Waals surface area contributed by atoms with Gasteiger partial charge in [-0.3, -0.25) is 4.79 Å². The van der Waals surface area contributed by atoms with Gasteiger partial charge in [0, 0.05) is 11.6 Å². The van der Waals surface area contributed by atoms with Gasteiger partial charge in [0.25, 0.3) is 0 Å². The largest absolute Gasteiger partial charge is 0.508 e. The summed E-state index contributed by atoms with van der Waals surface area (Å²) in [7, 11) is 0. The molecule has 1 aromatic carbocycles. The van der Waals surface area contributed by atoms with Gasteiger partial charge in [-0.1, -0.05) is 6.92 Å². The summed E-state index contributed by atoms with van der Waals surface area (Å²) in [5.41, 5.74) is -0.107. The van der Waals surface area contributed by atoms with Crippen molar-refractivity contribution in [2.24, 2.45) is 0 Å². The van der Waals surface area contributed by atoms with Gasteiger partial charge in [0.2, 0.25) is 0 Å². The number of phenolic OH excluding ortho intramolecular Hbond substituents is 1. The van der Waals surface area contributed by atoms with Crippen LogP contribution in [0.1, 0.15) is 24.8 Å². The molecule has 1 rings (SSSR count). The molecule has 1 unspecified atom stereocenters. The fraction of sp³-hybridized carbons (Fsp3) is 0.300. The second-order valence-corrected chi connectivity index (χ2v) is 3.12. The molecule has 0 fully saturated rings. The lowest BCUT2D eigenvalue weighted by atomic mass is 9.95. The summed E-state index contributed by atoms with van der Waals surface area (Å²) < 4.78 is 25.5. The van der Waals surface area contributed by atoms with Crippen LogP contribution in [-0.2, 0) is 4.79 Å². The van der Waals surface area contributed by atoms with Crippen molar-refractivity contribution in [3.63, 3.8) is 0 Å². The summed E-state index contributed by atoms with van der Waals surface area (Å²) in [5, 5.41) is 18.1. The zero-order chi connectivity index (χ0) is 11.6. The summed E-state index contributed by atoms with van der Waals surface area (Å²) in [6.45, 7) is 1.58. The van der Waals surface area contributed by atoms with Gasteiger partial charge in [0.1, 0.15) is 5.75 Å². The molecule has 0 aromatic heterocycles. The summed E-state index contributed by atoms with van der Waals surface area (Å²) in [6.07, 6.45) is 0.188. The monoisotopic (exact) mass is 216 g/mol. The van der Waals surface area contributed by atoms with E-state index in [1.54, 1.807) is 6.92 Å². The molecule has 3 nitrogen and oxygen atoms in total. The molecule has 0 saturated carbocycles. The van der Waals surface area contributed by atoms with Crippen molar-refractivity contribution in [3.05, 3.63) is 29.3 Å². The number of aromatic hydroxyl groups is 1. The molecule has 5 heteroatoms. The summed E-state index contributed by atoms with van der Waals surface area (Å²) in [6, 6.07) is 1.29. The van der Waals surface area contributed by atoms with Crippen LogP contribution in [0.5, 0.6) is 5.75 Å². The van der Waals surface area contributed by atoms with Gasteiger partial charge in [0.15, 0.2) is 11.6 Å². The Hall–Kier alpha value is -1.65. The van der Waals surface area contributed by atoms with E-state index in [-0.39, 0.29) is 12.0 Å². The highest BCUT2D eigenvalue weighted by molar-refractivity contribution is 5.77. The van der Waals surface area contributed by atoms with E-state index in [9.17, 15) is 18.7 Å². The summed E-state index contributed by atoms with van der Waals surface area (Å²) in [5.74, 6) is -5.11. The minimum Gasteiger partial charge on any atom is -0.508 e. The first-order valence-corrected chi connectivity index (χ1v) is 4.38. The molecule has 0 radical (unpaired) electrons. The van der Waals surface area contributed by atoms with Crippen LogP contribution in [0.25, 0.3) is 0 Å². The molecule has 82 valence electrons. The summed E-state index contributed by atoms with van der Waals surface area (Å²) >= 11 is 0. The van der Waals surface area contributed by atoms with Crippen LogP contribution in [0, 0.1) is 11.6 Å². The average molecular weight is 216 g/mol. The number of hydrogen-bond donors (Lipinski definition) is 2. The van der Waals surface area contributed by atoms with E-state index in [0.29, 0.717) is 12.1 Å². The Morgan fingerprint density at radius 1 is 1.40 bits per heavy atom. The topological polar surface area (TPSA) is 57.5 Å². The highest BCUT2D eigenvalue weighted by Crippen LogP contribution is 2.30. The predicted molar refractivity (Wildman–Crippen MR) is 48.7 cm³/mol. The van der Waals surface area contributed by atoms with E-state index in [0.717, 1.165) is 0 Å². The maximum atomic E-state index is 12.8. The van der Waals surface area contributed by atoms with Crippen LogP contribution in [0.15, 0.2) is 12.1 Å². The van der Waals surface area contributed by atoms with Crippen LogP contribution in [0.3, 0.4) is 0 Å². The third kappa shape index (κ3) is 2.23. The first-order chi connectivity index (χ1) is 6.97. The van der Waals surface area contributed by atoms with Crippen LogP contribution < -0.4 is 0 Å². The molecule has 0 aliphatic rings. The van der Waals surface area contributed by atoms with E-state index in [2.05, 4.69) is 0 Å². The Kier molecular flexibility index (Phi) is 3.24. The highest BCUT2D eigenvalue weighted by atomic mass is 19.2. The molecule has 15 heavy (non-hydrogen) atoms. The minimum atomic E-state index is -1.20. The number of aliphatic carboxylic acids is 1. The van der Waals surface area contributed by atoms with Gasteiger partial charge in [-0.25, -0.2) is 8.78 Å². The van der Waals surface area contributed by atoms with Crippen LogP contribution >= 0.6 is 0 Å². The first-order valence-electron chi connectivity index (χ1n) is 4.38. The third-order valence-electron chi connectivity index (χ3n) is 2.15. The number of benzene rings is 1. The van der Waals surface area contributed by atoms with E-state index < -0.39 is 29.3 Å². The van der Waals surface area contributed by atoms with Crippen molar-refractivity contribution in [2.45, 2.75) is 19.3 Å². The Balaban J connectivity index is 3.24. The molecular weight excluding hydrogens is 206 g/mol. The van der Waals surface area contributed by atoms with Crippen LogP contribution in [0.4, 0.5) is 8.78 Å². The fourth-order valence-electron chi connectivity index (χ4n) is 1.36. The number of carboxylic acids is 1. The SMILES string of the molecule is CCC(C(=O)O)c1cc(F)c(F)cc1O. The molecule has 0 saturated heterocycles. The second-order valence-electron chi connectivity index (χ2n) is 3.12. The smallest absolute Gasteiger partial charge is 0.311 e. The molecule has 2 N–H and O–H groups in total. The lowest BCUT2D eigenvalue weighted by Gasteiger charge is -2.12. The Labute approximate surface area is 85.0 Å². The standard InChI is InChI=1S/C10H10F2O3/c1-2-5(10(14)15)6-3-7(11)8(12)4-9(6)13/h3-5,13H,2H2,1H3,(H,14,15). The molecule has 0 spiro atoms. The molecule has 0 aliphatic carbocycles. The molecule has 0 aliphatic heterocycles. The van der Waals surface area contributed by atoms with Crippen LogP contribution in [0.2, 0.25) is 0 Å². The predicted octanol–water partition coefficient (Wildman–Crippen LogP) is 2.25. The van der Waals surface area contributed by atoms with Crippen molar-refractivity contribution in [3.8, 4) is 5.75 Å². The van der Waals surface area contributed by atoms with Crippen molar-refractivity contribution >= 4 is 5.97 Å². The lowest BCUT2D eigenvalue weighted by molar-refractivity contribution is -0.138. The van der Waals surface area contributed by atoms with E-state index in [1.807, 2.05) is 0 Å². The van der Waals surface area contributed by atoms with Crippen LogP contribution in [-0.4, -0.2) is 16.2 Å². The number of rotatable bonds is 3. The normalized spacial score (nSPS) is 12.5. The molecule has 0 heterocycles. The van der Waals surface area contributed by atoms with Crippen molar-refractivity contribution in [1.29, 1.82) is 0 Å². The second kappa shape index (κ2) is 4.25. The number of phenols is 1. The van der Waals surface area contributed by atoms with Crippen molar-refractivity contribution < 1.29 is 23.8 Å². The van der Waals surface area contributed by atoms with Gasteiger partial charge >= 0.3 is 5.97 Å². The Morgan fingerprint density at radius 2 is 1.93 bits per heavy atom. The highest BCUT2D eigenvalue weighted by Gasteiger charge is 2.22. The van der Waals surface area contributed by atoms with E-state index >= 15 is 0 Å². The van der Waals surface area contributed by atoms with Gasteiger partial charge in [0.05, 0.1) is 5.92 Å². The molecular formula is C10H10F2O3. The van der Waals surface area contributed by atoms with E-state index in [4.69, 9.17) is 5.11 Å². The average Bonchev–Trinajstić information content (AvgIpc) is 2.14. The Morgan fingerprint density at radius 3 is 2.40 bits per heavy atom. The zero-order valence-electron chi connectivity index (χ0n) is 8.00. The zero-order valence-corrected chi connectivity index (χ0v) is 8.00. The molecule has 0 amide bonds. The molecule has 1 aromatic rings. The maximum absolute atomic E-state index is 12.8. The number of carbonyl (C=O) groups is 1. The fourth-order valence-corrected chi connectivity index (χ4v) is 1.36. The van der Waals surface area contributed by atoms with E-state index in [1.165, 1.54) is 0 Å². The number of carboxylic acid groups (broad SMARTS) is 1. The summed E-state index contributed by atoms with van der Waals surface area (Å²) in [4.78, 5) is 10.8. The maximum Gasteiger partial charge on any atom is 0.311 e. The van der Waals surface area contributed by atoms with Gasteiger partial charge in [-0.2, -0.15) is 0 Å². The van der Waals surface area contributed by atoms with Gasteiger partial charge in [-0.05, 0) is 12.5 Å². The van der Waals surface area contributed by atoms with Crippen molar-refractivity contribution in [1.82, 2.24) is 0 Å². The number of hydrogen-bond acceptors (Lipinski definition) is 2. The molecule has 1 atom stereocenters. The van der Waals surface area contributed by atoms with Gasteiger partial charge < -0.3 is 10.2 Å². The first kappa shape index (κ1) is 11.4. The number of halogens is 2. The van der Waals surface area contributed by atoms with Gasteiger partial charge in [-0.15, -0.1) is 0 Å².